The number of fused-ring (bicyclic) bond motifs is 1. The van der Waals surface area contributed by atoms with E-state index < -0.39 is 12.0 Å². The fraction of sp³-hybridized carbons (Fsp3) is 0.462. The number of carbonyl (C=O) groups is 1. The average Bonchev–Trinajstić information content (AvgIpc) is 2.36. The number of ether oxygens (including phenoxy) is 2. The second kappa shape index (κ2) is 5.67. The molecular weight excluding hydrogens is 270 g/mol. The molecule has 19 heavy (non-hydrogen) atoms. The van der Waals surface area contributed by atoms with Gasteiger partial charge in [0.2, 0.25) is 0 Å². The summed E-state index contributed by atoms with van der Waals surface area (Å²) in [6.45, 7) is 2.81. The predicted molar refractivity (Wildman–Crippen MR) is 71.0 cm³/mol. The number of hydrogen-bond acceptors (Lipinski definition) is 4. The SMILES string of the molecule is Cc1cc2c(c(Cl)c1C(N)CCC(=O)O)OCCO2. The predicted octanol–water partition coefficient (Wildman–Crippen LogP) is 2.28. The van der Waals surface area contributed by atoms with E-state index >= 15 is 0 Å². The molecule has 0 spiro atoms. The number of rotatable bonds is 4. The Hall–Kier alpha value is -1.46. The van der Waals surface area contributed by atoms with Crippen molar-refractivity contribution in [1.82, 2.24) is 0 Å². The first-order valence-corrected chi connectivity index (χ1v) is 6.44. The van der Waals surface area contributed by atoms with Gasteiger partial charge in [0.1, 0.15) is 13.2 Å². The van der Waals surface area contributed by atoms with E-state index in [9.17, 15) is 4.79 Å². The van der Waals surface area contributed by atoms with Gasteiger partial charge in [-0.2, -0.15) is 0 Å². The quantitative estimate of drug-likeness (QED) is 0.887. The van der Waals surface area contributed by atoms with Gasteiger partial charge in [0.15, 0.2) is 11.5 Å². The van der Waals surface area contributed by atoms with Crippen molar-refractivity contribution in [3.05, 3.63) is 22.2 Å². The molecule has 0 saturated heterocycles. The molecule has 0 radical (unpaired) electrons. The molecule has 1 heterocycles. The van der Waals surface area contributed by atoms with Crippen LogP contribution in [-0.4, -0.2) is 24.3 Å². The van der Waals surface area contributed by atoms with E-state index in [-0.39, 0.29) is 6.42 Å². The number of halogens is 1. The molecule has 0 fully saturated rings. The highest BCUT2D eigenvalue weighted by Crippen LogP contribution is 2.43. The smallest absolute Gasteiger partial charge is 0.303 e. The minimum atomic E-state index is -0.873. The molecule has 104 valence electrons. The van der Waals surface area contributed by atoms with Crippen molar-refractivity contribution >= 4 is 17.6 Å². The van der Waals surface area contributed by atoms with Gasteiger partial charge in [-0.3, -0.25) is 4.79 Å². The van der Waals surface area contributed by atoms with E-state index in [1.165, 1.54) is 0 Å². The van der Waals surface area contributed by atoms with Crippen molar-refractivity contribution in [3.63, 3.8) is 0 Å². The van der Waals surface area contributed by atoms with Crippen LogP contribution in [0.4, 0.5) is 0 Å². The fourth-order valence-corrected chi connectivity index (χ4v) is 2.60. The maximum absolute atomic E-state index is 10.6. The molecule has 3 N–H and O–H groups in total. The van der Waals surface area contributed by atoms with Crippen molar-refractivity contribution < 1.29 is 19.4 Å². The first-order valence-electron chi connectivity index (χ1n) is 6.06. The van der Waals surface area contributed by atoms with Crippen molar-refractivity contribution in [3.8, 4) is 11.5 Å². The van der Waals surface area contributed by atoms with Crippen molar-refractivity contribution in [2.75, 3.05) is 13.2 Å². The molecule has 1 aromatic carbocycles. The van der Waals surface area contributed by atoms with Crippen LogP contribution in [0.15, 0.2) is 6.07 Å². The molecule has 0 amide bonds. The van der Waals surface area contributed by atoms with Gasteiger partial charge in [-0.15, -0.1) is 0 Å². The van der Waals surface area contributed by atoms with Crippen LogP contribution < -0.4 is 15.2 Å². The Balaban J connectivity index is 2.32. The summed E-state index contributed by atoms with van der Waals surface area (Å²) < 4.78 is 11.0. The summed E-state index contributed by atoms with van der Waals surface area (Å²) in [7, 11) is 0. The minimum absolute atomic E-state index is 0.00533. The molecule has 0 bridgehead atoms. The molecule has 1 aliphatic rings. The summed E-state index contributed by atoms with van der Waals surface area (Å²) in [6, 6.07) is 1.40. The Morgan fingerprint density at radius 2 is 2.21 bits per heavy atom. The van der Waals surface area contributed by atoms with Crippen LogP contribution in [0.25, 0.3) is 0 Å². The van der Waals surface area contributed by atoms with E-state index in [1.54, 1.807) is 0 Å². The van der Waals surface area contributed by atoms with Crippen LogP contribution in [0.3, 0.4) is 0 Å². The van der Waals surface area contributed by atoms with Crippen molar-refractivity contribution in [1.29, 1.82) is 0 Å². The average molecular weight is 286 g/mol. The Morgan fingerprint density at radius 1 is 1.53 bits per heavy atom. The summed E-state index contributed by atoms with van der Waals surface area (Å²) in [6.07, 6.45) is 0.334. The Kier molecular flexibility index (Phi) is 4.17. The molecule has 1 aromatic rings. The monoisotopic (exact) mass is 285 g/mol. The zero-order valence-electron chi connectivity index (χ0n) is 10.6. The molecule has 0 saturated carbocycles. The number of aliphatic carboxylic acids is 1. The summed E-state index contributed by atoms with van der Waals surface area (Å²) in [5.74, 6) is 0.240. The molecule has 6 heteroatoms. The van der Waals surface area contributed by atoms with Crippen LogP contribution in [-0.2, 0) is 4.79 Å². The van der Waals surface area contributed by atoms with Crippen LogP contribution >= 0.6 is 11.6 Å². The minimum Gasteiger partial charge on any atom is -0.486 e. The lowest BCUT2D eigenvalue weighted by molar-refractivity contribution is -0.137. The van der Waals surface area contributed by atoms with Crippen LogP contribution in [0.1, 0.15) is 30.0 Å². The number of benzene rings is 1. The third-order valence-electron chi connectivity index (χ3n) is 3.06. The molecule has 1 atom stereocenters. The molecule has 0 aromatic heterocycles. The molecule has 2 rings (SSSR count). The standard InChI is InChI=1S/C13H16ClNO4/c1-7-6-9-13(19-5-4-18-9)12(14)11(7)8(15)2-3-10(16)17/h6,8H,2-5,15H2,1H3,(H,16,17). The van der Waals surface area contributed by atoms with Gasteiger partial charge >= 0.3 is 5.97 Å². The first-order chi connectivity index (χ1) is 9.00. The van der Waals surface area contributed by atoms with Crippen LogP contribution in [0, 0.1) is 6.92 Å². The molecular formula is C13H16ClNO4. The lowest BCUT2D eigenvalue weighted by atomic mass is 9.97. The van der Waals surface area contributed by atoms with Gasteiger partial charge in [-0.1, -0.05) is 11.6 Å². The van der Waals surface area contributed by atoms with E-state index in [0.717, 1.165) is 11.1 Å². The van der Waals surface area contributed by atoms with Crippen molar-refractivity contribution in [2.24, 2.45) is 5.73 Å². The van der Waals surface area contributed by atoms with Crippen LogP contribution in [0.2, 0.25) is 5.02 Å². The third kappa shape index (κ3) is 2.93. The maximum Gasteiger partial charge on any atom is 0.303 e. The Labute approximate surface area is 116 Å². The molecule has 0 aliphatic carbocycles. The number of hydrogen-bond donors (Lipinski definition) is 2. The van der Waals surface area contributed by atoms with Gasteiger partial charge in [-0.25, -0.2) is 0 Å². The fourth-order valence-electron chi connectivity index (χ4n) is 2.16. The second-order valence-corrected chi connectivity index (χ2v) is 4.86. The van der Waals surface area contributed by atoms with Crippen LogP contribution in [0.5, 0.6) is 11.5 Å². The number of aryl methyl sites for hydroxylation is 1. The highest BCUT2D eigenvalue weighted by Gasteiger charge is 2.23. The summed E-state index contributed by atoms with van der Waals surface area (Å²) in [5, 5.41) is 9.13. The number of carboxylic acids is 1. The summed E-state index contributed by atoms with van der Waals surface area (Å²) in [5.41, 5.74) is 7.64. The number of carboxylic acid groups (broad SMARTS) is 1. The highest BCUT2D eigenvalue weighted by molar-refractivity contribution is 6.33. The normalized spacial score (nSPS) is 15.1. The van der Waals surface area contributed by atoms with E-state index in [0.29, 0.717) is 36.2 Å². The van der Waals surface area contributed by atoms with Gasteiger partial charge < -0.3 is 20.3 Å². The third-order valence-corrected chi connectivity index (χ3v) is 3.43. The van der Waals surface area contributed by atoms with E-state index in [2.05, 4.69) is 0 Å². The second-order valence-electron chi connectivity index (χ2n) is 4.48. The Bertz CT molecular complexity index is 504. The highest BCUT2D eigenvalue weighted by atomic mass is 35.5. The first kappa shape index (κ1) is 14.0. The van der Waals surface area contributed by atoms with E-state index in [4.69, 9.17) is 31.9 Å². The lowest BCUT2D eigenvalue weighted by Gasteiger charge is -2.24. The van der Waals surface area contributed by atoms with Gasteiger partial charge in [-0.05, 0) is 30.5 Å². The molecule has 1 aliphatic heterocycles. The molecule has 1 unspecified atom stereocenters. The van der Waals surface area contributed by atoms with Gasteiger partial charge in [0.25, 0.3) is 0 Å². The van der Waals surface area contributed by atoms with E-state index in [1.807, 2.05) is 13.0 Å². The van der Waals surface area contributed by atoms with Crippen molar-refractivity contribution in [2.45, 2.75) is 25.8 Å². The topological polar surface area (TPSA) is 81.8 Å². The Morgan fingerprint density at radius 3 is 2.89 bits per heavy atom. The lowest BCUT2D eigenvalue weighted by Crippen LogP contribution is -2.19. The summed E-state index contributed by atoms with van der Waals surface area (Å²) >= 11 is 6.31. The van der Waals surface area contributed by atoms with Gasteiger partial charge in [0.05, 0.1) is 5.02 Å². The van der Waals surface area contributed by atoms with Gasteiger partial charge in [0, 0.05) is 12.5 Å². The zero-order chi connectivity index (χ0) is 14.0. The maximum atomic E-state index is 10.6. The zero-order valence-corrected chi connectivity index (χ0v) is 11.4. The number of nitrogens with two attached hydrogens (primary N) is 1. The summed E-state index contributed by atoms with van der Waals surface area (Å²) in [4.78, 5) is 10.6. The largest absolute Gasteiger partial charge is 0.486 e. The molecule has 5 nitrogen and oxygen atoms in total.